The Labute approximate surface area is 145 Å². The molecule has 1 amide bonds. The van der Waals surface area contributed by atoms with Crippen LogP contribution in [-0.4, -0.2) is 27.2 Å². The van der Waals surface area contributed by atoms with E-state index in [4.69, 9.17) is 9.26 Å². The Kier molecular flexibility index (Phi) is 5.13. The molecule has 0 bridgehead atoms. The van der Waals surface area contributed by atoms with Crippen molar-refractivity contribution in [2.45, 2.75) is 26.8 Å². The van der Waals surface area contributed by atoms with Crippen molar-refractivity contribution in [3.63, 3.8) is 0 Å². The first-order chi connectivity index (χ1) is 12.1. The number of ether oxygens (including phenoxy) is 1. The van der Waals surface area contributed by atoms with Crippen LogP contribution < -0.4 is 10.1 Å². The molecule has 0 spiro atoms. The summed E-state index contributed by atoms with van der Waals surface area (Å²) in [5.41, 5.74) is 2.26. The lowest BCUT2D eigenvalue weighted by Gasteiger charge is -2.09. The van der Waals surface area contributed by atoms with Gasteiger partial charge in [-0.3, -0.25) is 4.79 Å². The number of benzene rings is 1. The van der Waals surface area contributed by atoms with Crippen molar-refractivity contribution in [1.29, 1.82) is 0 Å². The van der Waals surface area contributed by atoms with E-state index in [2.05, 4.69) is 15.5 Å². The first-order valence-electron chi connectivity index (χ1n) is 8.02. The van der Waals surface area contributed by atoms with Gasteiger partial charge in [0.15, 0.2) is 0 Å². The second-order valence-corrected chi connectivity index (χ2v) is 5.70. The number of aromatic nitrogens is 3. The number of nitrogens with zero attached hydrogens (tertiary/aromatic N) is 3. The summed E-state index contributed by atoms with van der Waals surface area (Å²) in [5.74, 6) is 1.25. The molecule has 3 aromatic rings. The van der Waals surface area contributed by atoms with Gasteiger partial charge < -0.3 is 19.1 Å². The molecule has 0 aliphatic rings. The van der Waals surface area contributed by atoms with Crippen molar-refractivity contribution >= 4 is 11.6 Å². The van der Waals surface area contributed by atoms with E-state index in [0.717, 1.165) is 11.3 Å². The maximum absolute atomic E-state index is 12.2. The summed E-state index contributed by atoms with van der Waals surface area (Å²) in [6.45, 7) is 4.86. The highest BCUT2D eigenvalue weighted by molar-refractivity contribution is 5.92. The van der Waals surface area contributed by atoms with Crippen molar-refractivity contribution in [2.75, 3.05) is 11.9 Å². The van der Waals surface area contributed by atoms with E-state index in [1.54, 1.807) is 25.5 Å². The van der Waals surface area contributed by atoms with Crippen molar-refractivity contribution in [1.82, 2.24) is 14.7 Å². The number of carbonyl (C=O) groups excluding carboxylic acids is 1. The molecule has 0 saturated carbocycles. The second-order valence-electron chi connectivity index (χ2n) is 5.70. The van der Waals surface area contributed by atoms with E-state index in [9.17, 15) is 4.79 Å². The predicted octanol–water partition coefficient (Wildman–Crippen LogP) is 2.75. The fourth-order valence-corrected chi connectivity index (χ4v) is 2.47. The lowest BCUT2D eigenvalue weighted by atomic mass is 10.1. The Bertz CT molecular complexity index is 820. The molecule has 7 heteroatoms. The molecule has 0 atom stereocenters. The molecule has 1 aromatic carbocycles. The molecule has 0 aliphatic carbocycles. The van der Waals surface area contributed by atoms with Gasteiger partial charge >= 0.3 is 0 Å². The van der Waals surface area contributed by atoms with Crippen LogP contribution in [-0.2, 0) is 17.8 Å². The van der Waals surface area contributed by atoms with E-state index in [0.29, 0.717) is 30.3 Å². The van der Waals surface area contributed by atoms with E-state index in [-0.39, 0.29) is 12.3 Å². The first-order valence-corrected chi connectivity index (χ1v) is 8.02. The van der Waals surface area contributed by atoms with Gasteiger partial charge in [0.25, 0.3) is 0 Å². The smallest absolute Gasteiger partial charge is 0.229 e. The minimum absolute atomic E-state index is 0.120. The topological polar surface area (TPSA) is 82.2 Å². The zero-order chi connectivity index (χ0) is 17.6. The van der Waals surface area contributed by atoms with Gasteiger partial charge in [0, 0.05) is 29.7 Å². The normalized spacial score (nSPS) is 10.6. The predicted molar refractivity (Wildman–Crippen MR) is 92.5 cm³/mol. The average Bonchev–Trinajstić information content (AvgIpc) is 3.21. The van der Waals surface area contributed by atoms with Gasteiger partial charge in [-0.15, -0.1) is 0 Å². The molecular formula is C18H20N4O3. The third-order valence-electron chi connectivity index (χ3n) is 3.81. The van der Waals surface area contributed by atoms with Crippen LogP contribution in [0.3, 0.4) is 0 Å². The summed E-state index contributed by atoms with van der Waals surface area (Å²) in [7, 11) is 0. The van der Waals surface area contributed by atoms with Crippen LogP contribution in [0.1, 0.15) is 17.0 Å². The Hall–Kier alpha value is -3.09. The van der Waals surface area contributed by atoms with Crippen molar-refractivity contribution in [3.8, 4) is 5.75 Å². The van der Waals surface area contributed by atoms with Crippen LogP contribution in [0.4, 0.5) is 5.69 Å². The molecule has 130 valence electrons. The molecular weight excluding hydrogens is 320 g/mol. The number of hydrogen-bond donors (Lipinski definition) is 1. The lowest BCUT2D eigenvalue weighted by molar-refractivity contribution is -0.115. The van der Waals surface area contributed by atoms with E-state index < -0.39 is 0 Å². The van der Waals surface area contributed by atoms with Gasteiger partial charge in [-0.1, -0.05) is 11.2 Å². The average molecular weight is 340 g/mol. The molecule has 2 heterocycles. The number of carbonyl (C=O) groups is 1. The molecule has 7 nitrogen and oxygen atoms in total. The molecule has 1 N–H and O–H groups in total. The fourth-order valence-electron chi connectivity index (χ4n) is 2.47. The lowest BCUT2D eigenvalue weighted by Crippen LogP contribution is -2.15. The molecule has 0 radical (unpaired) electrons. The van der Waals surface area contributed by atoms with Gasteiger partial charge in [0.05, 0.1) is 25.0 Å². The Morgan fingerprint density at radius 1 is 1.36 bits per heavy atom. The SMILES string of the molecule is Cc1noc(C)c1CC(=O)Nc1cccc(OCCn2ccnc2)c1. The van der Waals surface area contributed by atoms with Crippen LogP contribution >= 0.6 is 0 Å². The van der Waals surface area contributed by atoms with Gasteiger partial charge in [-0.2, -0.15) is 0 Å². The largest absolute Gasteiger partial charge is 0.492 e. The standard InChI is InChI=1S/C18H20N4O3/c1-13-17(14(2)25-21-13)11-18(23)20-15-4-3-5-16(10-15)24-9-8-22-7-6-19-12-22/h3-7,10,12H,8-9,11H2,1-2H3,(H,20,23). The molecule has 0 aliphatic heterocycles. The summed E-state index contributed by atoms with van der Waals surface area (Å²) in [6, 6.07) is 7.34. The van der Waals surface area contributed by atoms with Crippen LogP contribution in [0.2, 0.25) is 0 Å². The maximum Gasteiger partial charge on any atom is 0.229 e. The van der Waals surface area contributed by atoms with E-state index in [1.165, 1.54) is 0 Å². The highest BCUT2D eigenvalue weighted by atomic mass is 16.5. The summed E-state index contributed by atoms with van der Waals surface area (Å²) >= 11 is 0. The second kappa shape index (κ2) is 7.65. The molecule has 0 saturated heterocycles. The molecule has 0 fully saturated rings. The minimum atomic E-state index is -0.120. The molecule has 0 unspecified atom stereocenters. The van der Waals surface area contributed by atoms with Crippen molar-refractivity contribution in [2.24, 2.45) is 0 Å². The third-order valence-corrected chi connectivity index (χ3v) is 3.81. The van der Waals surface area contributed by atoms with Gasteiger partial charge in [0.1, 0.15) is 18.1 Å². The summed E-state index contributed by atoms with van der Waals surface area (Å²) in [4.78, 5) is 16.2. The van der Waals surface area contributed by atoms with Crippen LogP contribution in [0, 0.1) is 13.8 Å². The maximum atomic E-state index is 12.2. The summed E-state index contributed by atoms with van der Waals surface area (Å²) in [5, 5.41) is 6.74. The Morgan fingerprint density at radius 3 is 2.96 bits per heavy atom. The monoisotopic (exact) mass is 340 g/mol. The zero-order valence-corrected chi connectivity index (χ0v) is 14.2. The molecule has 25 heavy (non-hydrogen) atoms. The zero-order valence-electron chi connectivity index (χ0n) is 14.2. The number of anilines is 1. The quantitative estimate of drug-likeness (QED) is 0.715. The summed E-state index contributed by atoms with van der Waals surface area (Å²) in [6.07, 6.45) is 5.59. The number of rotatable bonds is 7. The number of hydrogen-bond acceptors (Lipinski definition) is 5. The minimum Gasteiger partial charge on any atom is -0.492 e. The third kappa shape index (κ3) is 4.47. The number of nitrogens with one attached hydrogen (secondary N) is 1. The Balaban J connectivity index is 1.54. The fraction of sp³-hybridized carbons (Fsp3) is 0.278. The highest BCUT2D eigenvalue weighted by Crippen LogP contribution is 2.19. The van der Waals surface area contributed by atoms with Crippen LogP contribution in [0.15, 0.2) is 47.5 Å². The number of imidazole rings is 1. The van der Waals surface area contributed by atoms with Crippen LogP contribution in [0.25, 0.3) is 0 Å². The number of amides is 1. The van der Waals surface area contributed by atoms with Gasteiger partial charge in [0.2, 0.25) is 5.91 Å². The molecule has 3 rings (SSSR count). The van der Waals surface area contributed by atoms with Gasteiger partial charge in [-0.25, -0.2) is 4.98 Å². The van der Waals surface area contributed by atoms with E-state index >= 15 is 0 Å². The Morgan fingerprint density at radius 2 is 2.24 bits per heavy atom. The van der Waals surface area contributed by atoms with Gasteiger partial charge in [-0.05, 0) is 26.0 Å². The summed E-state index contributed by atoms with van der Waals surface area (Å²) < 4.78 is 12.7. The molecule has 2 aromatic heterocycles. The first kappa shape index (κ1) is 16.8. The van der Waals surface area contributed by atoms with E-state index in [1.807, 2.05) is 35.9 Å². The van der Waals surface area contributed by atoms with Crippen LogP contribution in [0.5, 0.6) is 5.75 Å². The number of aryl methyl sites for hydroxylation is 2. The highest BCUT2D eigenvalue weighted by Gasteiger charge is 2.13. The van der Waals surface area contributed by atoms with Crippen molar-refractivity contribution < 1.29 is 14.1 Å². The van der Waals surface area contributed by atoms with Crippen molar-refractivity contribution in [3.05, 3.63) is 60.0 Å².